The van der Waals surface area contributed by atoms with Crippen LogP contribution in [0.1, 0.15) is 25.7 Å². The van der Waals surface area contributed by atoms with Crippen LogP contribution in [-0.4, -0.2) is 28.2 Å². The van der Waals surface area contributed by atoms with E-state index in [1.54, 1.807) is 12.1 Å². The van der Waals surface area contributed by atoms with Crippen molar-refractivity contribution in [1.82, 2.24) is 15.3 Å². The van der Waals surface area contributed by atoms with E-state index in [2.05, 4.69) is 25.4 Å². The highest BCUT2D eigenvalue weighted by molar-refractivity contribution is 6.33. The van der Waals surface area contributed by atoms with Gasteiger partial charge in [0.2, 0.25) is 5.82 Å². The van der Waals surface area contributed by atoms with E-state index in [1.165, 1.54) is 12.4 Å². The summed E-state index contributed by atoms with van der Waals surface area (Å²) >= 11 is 6.13. The Morgan fingerprint density at radius 2 is 2.04 bits per heavy atom. The van der Waals surface area contributed by atoms with Crippen molar-refractivity contribution in [2.45, 2.75) is 43.9 Å². The molecular formula is C18H17ClFN5O. The summed E-state index contributed by atoms with van der Waals surface area (Å²) in [7, 11) is 0. The molecule has 2 fully saturated rings. The highest BCUT2D eigenvalue weighted by Crippen LogP contribution is 2.33. The Kier molecular flexibility index (Phi) is 4.62. The van der Waals surface area contributed by atoms with E-state index in [4.69, 9.17) is 22.9 Å². The largest absolute Gasteiger partial charge is 0.472 e. The second-order valence-electron chi connectivity index (χ2n) is 6.59. The number of fused-ring (bicyclic) bond motifs is 2. The van der Waals surface area contributed by atoms with Gasteiger partial charge in [0.25, 0.3) is 5.88 Å². The Morgan fingerprint density at radius 3 is 2.73 bits per heavy atom. The van der Waals surface area contributed by atoms with Crippen LogP contribution in [0.2, 0.25) is 5.02 Å². The first-order valence-corrected chi connectivity index (χ1v) is 8.87. The molecule has 0 radical (unpaired) electrons. The van der Waals surface area contributed by atoms with Crippen molar-refractivity contribution in [3.05, 3.63) is 46.8 Å². The molecule has 0 spiro atoms. The molecule has 2 N–H and O–H groups in total. The van der Waals surface area contributed by atoms with Gasteiger partial charge in [-0.2, -0.15) is 9.37 Å². The molecule has 0 amide bonds. The Labute approximate surface area is 155 Å². The standard InChI is InChI=1S/C18H17ClFN5O/c1-21-10-4-5-15(14(19)8-10)25-17-16(20)18(23-9-22-17)26-13-6-11-2-3-12(7-13)24-11/h4-5,8-9,11-13,24H,2-3,6-7H2,(H,22,23,25). The molecule has 26 heavy (non-hydrogen) atoms. The molecule has 4 rings (SSSR count). The van der Waals surface area contributed by atoms with E-state index >= 15 is 0 Å². The molecule has 2 saturated heterocycles. The molecule has 0 aliphatic carbocycles. The zero-order chi connectivity index (χ0) is 18.1. The lowest BCUT2D eigenvalue weighted by Gasteiger charge is -2.29. The number of piperidine rings is 1. The van der Waals surface area contributed by atoms with Crippen LogP contribution in [0.15, 0.2) is 24.5 Å². The Bertz CT molecular complexity index is 859. The Hall–Kier alpha value is -2.43. The summed E-state index contributed by atoms with van der Waals surface area (Å²) in [6.07, 6.45) is 5.20. The van der Waals surface area contributed by atoms with E-state index in [1.807, 2.05) is 0 Å². The van der Waals surface area contributed by atoms with Crippen LogP contribution in [-0.2, 0) is 0 Å². The van der Waals surface area contributed by atoms with Crippen molar-refractivity contribution in [3.8, 4) is 5.88 Å². The summed E-state index contributed by atoms with van der Waals surface area (Å²) in [6.45, 7) is 6.99. The number of ether oxygens (including phenoxy) is 1. The average molecular weight is 374 g/mol. The second kappa shape index (κ2) is 7.06. The summed E-state index contributed by atoms with van der Waals surface area (Å²) in [6, 6.07) is 5.62. The van der Waals surface area contributed by atoms with Crippen LogP contribution < -0.4 is 15.4 Å². The van der Waals surface area contributed by atoms with E-state index < -0.39 is 5.82 Å². The van der Waals surface area contributed by atoms with Gasteiger partial charge in [-0.15, -0.1) is 0 Å². The molecule has 6 nitrogen and oxygen atoms in total. The van der Waals surface area contributed by atoms with Gasteiger partial charge in [0.15, 0.2) is 11.5 Å². The molecule has 1 aromatic heterocycles. The molecule has 0 saturated carbocycles. The summed E-state index contributed by atoms with van der Waals surface area (Å²) < 4.78 is 20.6. The first-order chi connectivity index (χ1) is 12.6. The minimum Gasteiger partial charge on any atom is -0.472 e. The van der Waals surface area contributed by atoms with Crippen LogP contribution in [0.25, 0.3) is 4.85 Å². The van der Waals surface area contributed by atoms with E-state index in [-0.39, 0.29) is 17.8 Å². The van der Waals surface area contributed by atoms with Gasteiger partial charge in [-0.25, -0.2) is 9.83 Å². The molecule has 3 heterocycles. The predicted molar refractivity (Wildman–Crippen MR) is 96.6 cm³/mol. The van der Waals surface area contributed by atoms with Gasteiger partial charge in [0, 0.05) is 12.1 Å². The molecule has 8 heteroatoms. The van der Waals surface area contributed by atoms with Gasteiger partial charge in [-0.05, 0) is 37.8 Å². The molecule has 2 unspecified atom stereocenters. The summed E-state index contributed by atoms with van der Waals surface area (Å²) in [5.41, 5.74) is 0.871. The number of nitrogens with one attached hydrogen (secondary N) is 2. The number of nitrogens with zero attached hydrogens (tertiary/aromatic N) is 3. The maximum atomic E-state index is 14.8. The average Bonchev–Trinajstić information content (AvgIpc) is 2.98. The predicted octanol–water partition coefficient (Wildman–Crippen LogP) is 4.23. The molecular weight excluding hydrogens is 357 g/mol. The SMILES string of the molecule is [C-]#[N+]c1ccc(Nc2ncnc(OC3CC4CCC(C3)N4)c2F)c(Cl)c1. The van der Waals surface area contributed by atoms with Crippen molar-refractivity contribution in [1.29, 1.82) is 0 Å². The molecule has 2 bridgehead atoms. The second-order valence-corrected chi connectivity index (χ2v) is 7.00. The van der Waals surface area contributed by atoms with E-state index in [0.717, 1.165) is 25.7 Å². The van der Waals surface area contributed by atoms with Gasteiger partial charge in [-0.1, -0.05) is 17.7 Å². The third kappa shape index (κ3) is 3.43. The summed E-state index contributed by atoms with van der Waals surface area (Å²) in [5.74, 6) is -0.712. The van der Waals surface area contributed by atoms with Crippen LogP contribution in [0.3, 0.4) is 0 Å². The van der Waals surface area contributed by atoms with Crippen LogP contribution >= 0.6 is 11.6 Å². The fourth-order valence-corrected chi connectivity index (χ4v) is 3.81. The van der Waals surface area contributed by atoms with Crippen LogP contribution in [0.5, 0.6) is 5.88 Å². The number of benzene rings is 1. The minimum absolute atomic E-state index is 0.00984. The Balaban J connectivity index is 1.51. The number of aromatic nitrogens is 2. The number of hydrogen-bond donors (Lipinski definition) is 2. The molecule has 1 aromatic carbocycles. The molecule has 2 aromatic rings. The van der Waals surface area contributed by atoms with Gasteiger partial charge < -0.3 is 15.4 Å². The number of anilines is 2. The Morgan fingerprint density at radius 1 is 1.27 bits per heavy atom. The summed E-state index contributed by atoms with van der Waals surface area (Å²) in [5, 5.41) is 6.69. The zero-order valence-corrected chi connectivity index (χ0v) is 14.6. The van der Waals surface area contributed by atoms with Crippen molar-refractivity contribution in [3.63, 3.8) is 0 Å². The van der Waals surface area contributed by atoms with E-state index in [9.17, 15) is 4.39 Å². The topological polar surface area (TPSA) is 63.4 Å². The third-order valence-corrected chi connectivity index (χ3v) is 5.11. The van der Waals surface area contributed by atoms with E-state index in [0.29, 0.717) is 28.5 Å². The normalized spacial score (nSPS) is 24.1. The molecule has 2 atom stereocenters. The smallest absolute Gasteiger partial charge is 0.256 e. The quantitative estimate of drug-likeness (QED) is 0.785. The van der Waals surface area contributed by atoms with Gasteiger partial charge in [-0.3, -0.25) is 0 Å². The lowest BCUT2D eigenvalue weighted by Crippen LogP contribution is -2.42. The van der Waals surface area contributed by atoms with Gasteiger partial charge in [0.05, 0.1) is 17.3 Å². The van der Waals surface area contributed by atoms with Crippen molar-refractivity contribution in [2.24, 2.45) is 0 Å². The van der Waals surface area contributed by atoms with Crippen molar-refractivity contribution >= 4 is 28.8 Å². The monoisotopic (exact) mass is 373 g/mol. The maximum Gasteiger partial charge on any atom is 0.256 e. The molecule has 2 aliphatic heterocycles. The van der Waals surface area contributed by atoms with Crippen molar-refractivity contribution in [2.75, 3.05) is 5.32 Å². The molecule has 2 aliphatic rings. The van der Waals surface area contributed by atoms with Crippen LogP contribution in [0.4, 0.5) is 21.6 Å². The first kappa shape index (κ1) is 17.0. The maximum absolute atomic E-state index is 14.8. The number of hydrogen-bond acceptors (Lipinski definition) is 5. The minimum atomic E-state index is -0.649. The number of rotatable bonds is 4. The fraction of sp³-hybridized carbons (Fsp3) is 0.389. The third-order valence-electron chi connectivity index (χ3n) is 4.80. The molecule has 134 valence electrons. The first-order valence-electron chi connectivity index (χ1n) is 8.49. The zero-order valence-electron chi connectivity index (χ0n) is 13.9. The fourth-order valence-electron chi connectivity index (χ4n) is 3.58. The van der Waals surface area contributed by atoms with Crippen LogP contribution in [0, 0.1) is 12.4 Å². The lowest BCUT2D eigenvalue weighted by atomic mass is 10.0. The van der Waals surface area contributed by atoms with Crippen molar-refractivity contribution < 1.29 is 9.13 Å². The van der Waals surface area contributed by atoms with Gasteiger partial charge >= 0.3 is 0 Å². The number of halogens is 2. The highest BCUT2D eigenvalue weighted by Gasteiger charge is 2.35. The highest BCUT2D eigenvalue weighted by atomic mass is 35.5. The lowest BCUT2D eigenvalue weighted by molar-refractivity contribution is 0.126. The summed E-state index contributed by atoms with van der Waals surface area (Å²) in [4.78, 5) is 11.2. The van der Waals surface area contributed by atoms with Gasteiger partial charge in [0.1, 0.15) is 12.4 Å².